The Bertz CT molecular complexity index is 1450. The van der Waals surface area contributed by atoms with E-state index in [4.69, 9.17) is 0 Å². The normalized spacial score (nSPS) is 15.8. The second-order valence-corrected chi connectivity index (χ2v) is 8.38. The average molecular weight is 422 g/mol. The molecule has 0 saturated heterocycles. The van der Waals surface area contributed by atoms with Crippen molar-refractivity contribution in [3.05, 3.63) is 77.7 Å². The largest absolute Gasteiger partial charge is 0.310 e. The molecule has 0 aliphatic carbocycles. The van der Waals surface area contributed by atoms with Crippen LogP contribution in [0.25, 0.3) is 39.1 Å². The third-order valence-electron chi connectivity index (χ3n) is 6.35. The van der Waals surface area contributed by atoms with Gasteiger partial charge in [-0.25, -0.2) is 4.68 Å². The standard InChI is InChI=1S/C25H23N7/c1-15-7-9-26-13-22(15)18-4-6-23-21(11-18)25(30-28-23)24-14-32(31-29-24)19-5-3-17-8-10-27-16(2)20(17)12-19/h3-7,9,11-14,16,27H,8,10H2,1-2H3,(H,28,30). The molecule has 3 aromatic heterocycles. The summed E-state index contributed by atoms with van der Waals surface area (Å²) in [4.78, 5) is 4.29. The third-order valence-corrected chi connectivity index (χ3v) is 6.35. The van der Waals surface area contributed by atoms with Crippen LogP contribution in [0.3, 0.4) is 0 Å². The highest BCUT2D eigenvalue weighted by Gasteiger charge is 2.18. The molecule has 1 aliphatic heterocycles. The lowest BCUT2D eigenvalue weighted by Gasteiger charge is -2.24. The van der Waals surface area contributed by atoms with E-state index < -0.39 is 0 Å². The smallest absolute Gasteiger partial charge is 0.134 e. The number of nitrogens with one attached hydrogen (secondary N) is 2. The average Bonchev–Trinajstić information content (AvgIpc) is 3.46. The van der Waals surface area contributed by atoms with Crippen LogP contribution in [0.15, 0.2) is 61.1 Å². The van der Waals surface area contributed by atoms with Crippen molar-refractivity contribution in [1.82, 2.24) is 35.5 Å². The van der Waals surface area contributed by atoms with Gasteiger partial charge in [0.05, 0.1) is 17.4 Å². The highest BCUT2D eigenvalue weighted by molar-refractivity contribution is 5.95. The molecule has 32 heavy (non-hydrogen) atoms. The maximum absolute atomic E-state index is 4.55. The Morgan fingerprint density at radius 2 is 2.03 bits per heavy atom. The third kappa shape index (κ3) is 3.09. The quantitative estimate of drug-likeness (QED) is 0.451. The Kier molecular flexibility index (Phi) is 4.36. The van der Waals surface area contributed by atoms with Crippen LogP contribution in [0.2, 0.25) is 0 Å². The van der Waals surface area contributed by atoms with Crippen LogP contribution in [0.1, 0.15) is 29.7 Å². The number of aromatic nitrogens is 6. The fourth-order valence-electron chi connectivity index (χ4n) is 4.53. The highest BCUT2D eigenvalue weighted by Crippen LogP contribution is 2.31. The van der Waals surface area contributed by atoms with Gasteiger partial charge in [0, 0.05) is 29.4 Å². The summed E-state index contributed by atoms with van der Waals surface area (Å²) in [6.07, 6.45) is 6.72. The number of hydrogen-bond acceptors (Lipinski definition) is 5. The van der Waals surface area contributed by atoms with Crippen molar-refractivity contribution in [2.75, 3.05) is 6.54 Å². The second kappa shape index (κ2) is 7.39. The Morgan fingerprint density at radius 3 is 2.94 bits per heavy atom. The molecule has 2 aromatic carbocycles. The summed E-state index contributed by atoms with van der Waals surface area (Å²) in [5.41, 5.74) is 9.63. The van der Waals surface area contributed by atoms with Gasteiger partial charge in [-0.05, 0) is 79.4 Å². The van der Waals surface area contributed by atoms with Crippen LogP contribution < -0.4 is 5.32 Å². The molecule has 6 rings (SSSR count). The van der Waals surface area contributed by atoms with Crippen molar-refractivity contribution in [2.24, 2.45) is 0 Å². The molecule has 0 spiro atoms. The predicted octanol–water partition coefficient (Wildman–Crippen LogP) is 4.39. The van der Waals surface area contributed by atoms with E-state index in [2.05, 4.69) is 81.1 Å². The lowest BCUT2D eigenvalue weighted by atomic mass is 9.95. The summed E-state index contributed by atoms with van der Waals surface area (Å²) in [7, 11) is 0. The molecule has 1 atom stereocenters. The summed E-state index contributed by atoms with van der Waals surface area (Å²) in [6.45, 7) is 5.32. The molecule has 0 saturated carbocycles. The van der Waals surface area contributed by atoms with E-state index in [0.717, 1.165) is 52.1 Å². The first-order chi connectivity index (χ1) is 15.7. The van der Waals surface area contributed by atoms with E-state index in [-0.39, 0.29) is 0 Å². The van der Waals surface area contributed by atoms with Gasteiger partial charge in [0.15, 0.2) is 0 Å². The summed E-state index contributed by atoms with van der Waals surface area (Å²) < 4.78 is 1.83. The van der Waals surface area contributed by atoms with Gasteiger partial charge < -0.3 is 5.32 Å². The summed E-state index contributed by atoms with van der Waals surface area (Å²) in [6, 6.07) is 15.2. The predicted molar refractivity (Wildman–Crippen MR) is 125 cm³/mol. The van der Waals surface area contributed by atoms with Crippen molar-refractivity contribution >= 4 is 10.9 Å². The molecule has 1 unspecified atom stereocenters. The summed E-state index contributed by atoms with van der Waals surface area (Å²) >= 11 is 0. The van der Waals surface area contributed by atoms with E-state index in [9.17, 15) is 0 Å². The van der Waals surface area contributed by atoms with Gasteiger partial charge in [-0.2, -0.15) is 5.10 Å². The highest BCUT2D eigenvalue weighted by atomic mass is 15.4. The first-order valence-electron chi connectivity index (χ1n) is 10.9. The molecule has 158 valence electrons. The molecule has 1 aliphatic rings. The monoisotopic (exact) mass is 421 g/mol. The van der Waals surface area contributed by atoms with Crippen LogP contribution in [-0.2, 0) is 6.42 Å². The number of hydrogen-bond donors (Lipinski definition) is 2. The van der Waals surface area contributed by atoms with Crippen LogP contribution in [0.4, 0.5) is 0 Å². The van der Waals surface area contributed by atoms with Crippen molar-refractivity contribution in [2.45, 2.75) is 26.3 Å². The number of pyridine rings is 1. The Balaban J connectivity index is 1.40. The molecule has 5 aromatic rings. The molecule has 0 radical (unpaired) electrons. The number of nitrogens with zero attached hydrogens (tertiary/aromatic N) is 5. The fourth-order valence-corrected chi connectivity index (χ4v) is 4.53. The number of H-pyrrole nitrogens is 1. The lowest BCUT2D eigenvalue weighted by molar-refractivity contribution is 0.540. The van der Waals surface area contributed by atoms with Gasteiger partial charge in [0.2, 0.25) is 0 Å². The number of rotatable bonds is 3. The fraction of sp³-hybridized carbons (Fsp3) is 0.200. The Labute approximate surface area is 185 Å². The summed E-state index contributed by atoms with van der Waals surface area (Å²) in [5, 5.41) is 21.0. The van der Waals surface area contributed by atoms with E-state index in [1.54, 1.807) is 0 Å². The zero-order chi connectivity index (χ0) is 21.7. The topological polar surface area (TPSA) is 84.3 Å². The molecule has 7 nitrogen and oxygen atoms in total. The minimum Gasteiger partial charge on any atom is -0.310 e. The molecule has 0 bridgehead atoms. The van der Waals surface area contributed by atoms with Crippen LogP contribution in [-0.4, -0.2) is 36.7 Å². The van der Waals surface area contributed by atoms with Crippen molar-refractivity contribution in [3.63, 3.8) is 0 Å². The van der Waals surface area contributed by atoms with Gasteiger partial charge in [-0.1, -0.05) is 17.3 Å². The van der Waals surface area contributed by atoms with E-state index >= 15 is 0 Å². The van der Waals surface area contributed by atoms with Crippen LogP contribution in [0.5, 0.6) is 0 Å². The Morgan fingerprint density at radius 1 is 1.09 bits per heavy atom. The summed E-state index contributed by atoms with van der Waals surface area (Å²) in [5.74, 6) is 0. The lowest BCUT2D eigenvalue weighted by Crippen LogP contribution is -2.27. The van der Waals surface area contributed by atoms with Crippen LogP contribution >= 0.6 is 0 Å². The minimum absolute atomic E-state index is 0.339. The first-order valence-corrected chi connectivity index (χ1v) is 10.9. The molecular weight excluding hydrogens is 398 g/mol. The van der Waals surface area contributed by atoms with E-state index in [1.807, 2.05) is 29.3 Å². The first kappa shape index (κ1) is 18.9. The van der Waals surface area contributed by atoms with Crippen molar-refractivity contribution < 1.29 is 0 Å². The SMILES string of the molecule is Cc1ccncc1-c1ccc2[nH]nc(-c3cn(-c4ccc5c(c4)C(C)NCC5)nn3)c2c1. The van der Waals surface area contributed by atoms with Gasteiger partial charge in [0.1, 0.15) is 11.4 Å². The zero-order valence-electron chi connectivity index (χ0n) is 18.0. The van der Waals surface area contributed by atoms with Gasteiger partial charge >= 0.3 is 0 Å². The molecule has 0 fully saturated rings. The van der Waals surface area contributed by atoms with Gasteiger partial charge in [-0.15, -0.1) is 5.10 Å². The van der Waals surface area contributed by atoms with Gasteiger partial charge in [-0.3, -0.25) is 10.1 Å². The minimum atomic E-state index is 0.339. The van der Waals surface area contributed by atoms with Crippen molar-refractivity contribution in [3.8, 4) is 28.2 Å². The number of benzene rings is 2. The number of aryl methyl sites for hydroxylation is 1. The maximum Gasteiger partial charge on any atom is 0.134 e. The number of aromatic amines is 1. The molecule has 7 heteroatoms. The second-order valence-electron chi connectivity index (χ2n) is 8.38. The maximum atomic E-state index is 4.55. The zero-order valence-corrected chi connectivity index (χ0v) is 18.0. The van der Waals surface area contributed by atoms with E-state index in [0.29, 0.717) is 6.04 Å². The number of fused-ring (bicyclic) bond motifs is 2. The van der Waals surface area contributed by atoms with E-state index in [1.165, 1.54) is 16.7 Å². The molecule has 0 amide bonds. The van der Waals surface area contributed by atoms with Crippen molar-refractivity contribution in [1.29, 1.82) is 0 Å². The van der Waals surface area contributed by atoms with Gasteiger partial charge in [0.25, 0.3) is 0 Å². The van der Waals surface area contributed by atoms with Crippen LogP contribution in [0, 0.1) is 6.92 Å². The molecular formula is C25H23N7. The molecule has 4 heterocycles. The Hall–Kier alpha value is -3.84. The molecule has 2 N–H and O–H groups in total.